The zero-order valence-corrected chi connectivity index (χ0v) is 11.5. The molecule has 1 aromatic heterocycles. The highest BCUT2D eigenvalue weighted by molar-refractivity contribution is 7.10. The second-order valence-electron chi connectivity index (χ2n) is 3.76. The van der Waals surface area contributed by atoms with Crippen molar-refractivity contribution >= 4 is 28.6 Å². The highest BCUT2D eigenvalue weighted by Gasteiger charge is 2.08. The number of rotatable bonds is 5. The number of thiophene rings is 1. The Hall–Kier alpha value is -1.23. The first-order valence-electron chi connectivity index (χ1n) is 5.49. The number of hydrogen-bond acceptors (Lipinski definition) is 4. The van der Waals surface area contributed by atoms with E-state index in [1.165, 1.54) is 11.3 Å². The molecular weight excluding hydrogens is 270 g/mol. The van der Waals surface area contributed by atoms with Crippen LogP contribution in [0.5, 0.6) is 5.75 Å². The van der Waals surface area contributed by atoms with Gasteiger partial charge < -0.3 is 15.2 Å². The monoisotopic (exact) mass is 283 g/mol. The molecule has 0 fully saturated rings. The Morgan fingerprint density at radius 3 is 2.89 bits per heavy atom. The van der Waals surface area contributed by atoms with Crippen molar-refractivity contribution < 1.29 is 9.84 Å². The van der Waals surface area contributed by atoms with E-state index in [1.807, 2.05) is 23.6 Å². The Morgan fingerprint density at radius 1 is 1.44 bits per heavy atom. The van der Waals surface area contributed by atoms with E-state index >= 15 is 0 Å². The number of nitrogens with one attached hydrogen (secondary N) is 1. The summed E-state index contributed by atoms with van der Waals surface area (Å²) in [6.07, 6.45) is -0.508. The number of ether oxygens (including phenoxy) is 1. The van der Waals surface area contributed by atoms with Crippen LogP contribution < -0.4 is 10.1 Å². The molecule has 1 heterocycles. The Balaban J connectivity index is 1.96. The molecule has 1 unspecified atom stereocenters. The topological polar surface area (TPSA) is 41.5 Å². The van der Waals surface area contributed by atoms with E-state index in [2.05, 4.69) is 5.32 Å². The van der Waals surface area contributed by atoms with Crippen LogP contribution in [0.4, 0.5) is 5.69 Å². The molecule has 0 saturated heterocycles. The molecule has 1 atom stereocenters. The van der Waals surface area contributed by atoms with Gasteiger partial charge in [0.15, 0.2) is 0 Å². The van der Waals surface area contributed by atoms with Gasteiger partial charge in [-0.3, -0.25) is 0 Å². The molecule has 18 heavy (non-hydrogen) atoms. The Kier molecular flexibility index (Phi) is 4.47. The smallest absolute Gasteiger partial charge is 0.137 e. The number of methoxy groups -OCH3 is 1. The maximum absolute atomic E-state index is 9.93. The zero-order valence-electron chi connectivity index (χ0n) is 9.89. The lowest BCUT2D eigenvalue weighted by Crippen LogP contribution is -2.10. The summed E-state index contributed by atoms with van der Waals surface area (Å²) in [5.74, 6) is 0.640. The summed E-state index contributed by atoms with van der Waals surface area (Å²) in [5, 5.41) is 15.6. The maximum atomic E-state index is 9.93. The van der Waals surface area contributed by atoms with Crippen molar-refractivity contribution in [2.24, 2.45) is 0 Å². The number of aliphatic hydroxyl groups excluding tert-OH is 1. The second-order valence-corrected chi connectivity index (χ2v) is 5.15. The molecule has 2 N–H and O–H groups in total. The van der Waals surface area contributed by atoms with Crippen molar-refractivity contribution in [2.75, 3.05) is 19.0 Å². The fourth-order valence-corrected chi connectivity index (χ4v) is 2.54. The average Bonchev–Trinajstić information content (AvgIpc) is 2.90. The number of halogens is 1. The van der Waals surface area contributed by atoms with Crippen molar-refractivity contribution in [3.05, 3.63) is 45.6 Å². The second kappa shape index (κ2) is 6.09. The fraction of sp³-hybridized carbons (Fsp3) is 0.231. The van der Waals surface area contributed by atoms with Gasteiger partial charge in [-0.15, -0.1) is 11.3 Å². The van der Waals surface area contributed by atoms with E-state index < -0.39 is 6.10 Å². The molecule has 0 bridgehead atoms. The fourth-order valence-electron chi connectivity index (χ4n) is 1.57. The Morgan fingerprint density at radius 2 is 2.28 bits per heavy atom. The number of anilines is 1. The molecule has 0 aliphatic heterocycles. The van der Waals surface area contributed by atoms with Gasteiger partial charge in [0.2, 0.25) is 0 Å². The van der Waals surface area contributed by atoms with Gasteiger partial charge in [-0.1, -0.05) is 17.7 Å². The van der Waals surface area contributed by atoms with Gasteiger partial charge in [0.25, 0.3) is 0 Å². The quantitative estimate of drug-likeness (QED) is 0.882. The molecule has 0 aliphatic rings. The largest absolute Gasteiger partial charge is 0.495 e. The first kappa shape index (κ1) is 13.2. The lowest BCUT2D eigenvalue weighted by atomic mass is 10.2. The van der Waals surface area contributed by atoms with Crippen LogP contribution in [-0.2, 0) is 0 Å². The molecule has 2 aromatic rings. The van der Waals surface area contributed by atoms with Crippen LogP contribution in [0.2, 0.25) is 5.02 Å². The molecule has 0 saturated carbocycles. The van der Waals surface area contributed by atoms with Crippen LogP contribution in [-0.4, -0.2) is 18.8 Å². The molecule has 0 spiro atoms. The third kappa shape index (κ3) is 3.16. The van der Waals surface area contributed by atoms with Gasteiger partial charge in [-0.05, 0) is 29.6 Å². The molecule has 1 aromatic carbocycles. The van der Waals surface area contributed by atoms with Crippen molar-refractivity contribution in [1.82, 2.24) is 0 Å². The van der Waals surface area contributed by atoms with Gasteiger partial charge in [0, 0.05) is 17.1 Å². The van der Waals surface area contributed by atoms with E-state index in [0.717, 1.165) is 10.6 Å². The van der Waals surface area contributed by atoms with Crippen LogP contribution in [0, 0.1) is 0 Å². The maximum Gasteiger partial charge on any atom is 0.137 e. The van der Waals surface area contributed by atoms with Crippen molar-refractivity contribution in [3.63, 3.8) is 0 Å². The minimum Gasteiger partial charge on any atom is -0.495 e. The lowest BCUT2D eigenvalue weighted by molar-refractivity contribution is 0.195. The summed E-state index contributed by atoms with van der Waals surface area (Å²) >= 11 is 7.56. The lowest BCUT2D eigenvalue weighted by Gasteiger charge is -2.12. The third-order valence-corrected chi connectivity index (χ3v) is 3.79. The molecule has 5 heteroatoms. The molecule has 2 rings (SSSR count). The Labute approximate surface area is 115 Å². The molecule has 0 radical (unpaired) electrons. The predicted molar refractivity (Wildman–Crippen MR) is 75.8 cm³/mol. The van der Waals surface area contributed by atoms with Crippen LogP contribution in [0.1, 0.15) is 11.0 Å². The minimum atomic E-state index is -0.508. The van der Waals surface area contributed by atoms with Crippen LogP contribution in [0.25, 0.3) is 0 Å². The summed E-state index contributed by atoms with van der Waals surface area (Å²) in [7, 11) is 1.58. The van der Waals surface area contributed by atoms with Crippen LogP contribution in [0.3, 0.4) is 0 Å². The molecule has 3 nitrogen and oxygen atoms in total. The first-order chi connectivity index (χ1) is 8.70. The molecule has 96 valence electrons. The van der Waals surface area contributed by atoms with E-state index in [1.54, 1.807) is 19.2 Å². The SMILES string of the molecule is COc1ccc(NCC(O)c2cccs2)cc1Cl. The highest BCUT2D eigenvalue weighted by atomic mass is 35.5. The van der Waals surface area contributed by atoms with E-state index in [9.17, 15) is 5.11 Å². The summed E-state index contributed by atoms with van der Waals surface area (Å²) < 4.78 is 5.08. The summed E-state index contributed by atoms with van der Waals surface area (Å²) in [5.41, 5.74) is 0.858. The first-order valence-corrected chi connectivity index (χ1v) is 6.75. The zero-order chi connectivity index (χ0) is 13.0. The summed E-state index contributed by atoms with van der Waals surface area (Å²) in [4.78, 5) is 0.946. The predicted octanol–water partition coefficient (Wildman–Crippen LogP) is 3.56. The highest BCUT2D eigenvalue weighted by Crippen LogP contribution is 2.27. The molecule has 0 amide bonds. The average molecular weight is 284 g/mol. The summed E-state index contributed by atoms with van der Waals surface area (Å²) in [6, 6.07) is 9.28. The van der Waals surface area contributed by atoms with E-state index in [0.29, 0.717) is 17.3 Å². The number of benzene rings is 1. The van der Waals surface area contributed by atoms with E-state index in [4.69, 9.17) is 16.3 Å². The van der Waals surface area contributed by atoms with Gasteiger partial charge in [-0.25, -0.2) is 0 Å². The van der Waals surface area contributed by atoms with Crippen LogP contribution >= 0.6 is 22.9 Å². The normalized spacial score (nSPS) is 12.2. The van der Waals surface area contributed by atoms with Crippen LogP contribution in [0.15, 0.2) is 35.7 Å². The van der Waals surface area contributed by atoms with Gasteiger partial charge in [-0.2, -0.15) is 0 Å². The number of aliphatic hydroxyl groups is 1. The van der Waals surface area contributed by atoms with E-state index in [-0.39, 0.29) is 0 Å². The van der Waals surface area contributed by atoms with Gasteiger partial charge >= 0.3 is 0 Å². The van der Waals surface area contributed by atoms with Gasteiger partial charge in [0.1, 0.15) is 11.9 Å². The number of hydrogen-bond donors (Lipinski definition) is 2. The third-order valence-electron chi connectivity index (χ3n) is 2.52. The molecule has 0 aliphatic carbocycles. The van der Waals surface area contributed by atoms with Crippen molar-refractivity contribution in [2.45, 2.75) is 6.10 Å². The molecular formula is C13H14ClNO2S. The van der Waals surface area contributed by atoms with Gasteiger partial charge in [0.05, 0.1) is 12.1 Å². The Bertz CT molecular complexity index is 502. The van der Waals surface area contributed by atoms with Crippen molar-refractivity contribution in [1.29, 1.82) is 0 Å². The standard InChI is InChI=1S/C13H14ClNO2S/c1-17-12-5-4-9(7-10(12)14)15-8-11(16)13-3-2-6-18-13/h2-7,11,15-16H,8H2,1H3. The minimum absolute atomic E-state index is 0.448. The van der Waals surface area contributed by atoms with Crippen molar-refractivity contribution in [3.8, 4) is 5.75 Å². The summed E-state index contributed by atoms with van der Waals surface area (Å²) in [6.45, 7) is 0.448.